The van der Waals surface area contributed by atoms with E-state index in [0.717, 1.165) is 17.8 Å². The summed E-state index contributed by atoms with van der Waals surface area (Å²) in [6.07, 6.45) is 2.17. The number of fused-ring (bicyclic) bond motifs is 1. The van der Waals surface area contributed by atoms with Gasteiger partial charge in [0.1, 0.15) is 16.7 Å². The minimum absolute atomic E-state index is 0.0114. The van der Waals surface area contributed by atoms with Crippen LogP contribution in [0.4, 0.5) is 13.2 Å². The highest BCUT2D eigenvalue weighted by Gasteiger charge is 2.36. The van der Waals surface area contributed by atoms with E-state index in [0.29, 0.717) is 30.6 Å². The third-order valence-electron chi connectivity index (χ3n) is 7.53. The lowest BCUT2D eigenvalue weighted by Gasteiger charge is -2.24. The first-order chi connectivity index (χ1) is 19.7. The molecule has 6 nitrogen and oxygen atoms in total. The number of likely N-dealkylation sites (N-methyl/N-ethyl adjacent to an activating group) is 1. The summed E-state index contributed by atoms with van der Waals surface area (Å²) < 4.78 is 65.3. The molecule has 1 aliphatic heterocycles. The van der Waals surface area contributed by atoms with Gasteiger partial charge in [-0.15, -0.1) is 0 Å². The quantitative estimate of drug-likeness (QED) is 0.276. The number of aromatic nitrogens is 2. The van der Waals surface area contributed by atoms with Gasteiger partial charge in [-0.25, -0.2) is 13.2 Å². The summed E-state index contributed by atoms with van der Waals surface area (Å²) in [5.74, 6) is -2.11. The number of hydrogen-bond acceptors (Lipinski definition) is 5. The van der Waals surface area contributed by atoms with E-state index in [1.54, 1.807) is 19.2 Å². The molecule has 41 heavy (non-hydrogen) atoms. The highest BCUT2D eigenvalue weighted by Crippen LogP contribution is 2.37. The van der Waals surface area contributed by atoms with Gasteiger partial charge in [-0.2, -0.15) is 0 Å². The van der Waals surface area contributed by atoms with Crippen molar-refractivity contribution in [3.8, 4) is 16.9 Å². The second-order valence-corrected chi connectivity index (χ2v) is 11.6. The maximum atomic E-state index is 15.5. The molecule has 10 heteroatoms. The van der Waals surface area contributed by atoms with Gasteiger partial charge >= 0.3 is 0 Å². The molecule has 0 spiro atoms. The first kappa shape index (κ1) is 28.8. The number of hydrogen-bond donors (Lipinski definition) is 0. The van der Waals surface area contributed by atoms with Crippen molar-refractivity contribution in [3.05, 3.63) is 111 Å². The summed E-state index contributed by atoms with van der Waals surface area (Å²) in [5.41, 5.74) is 0.955. The Kier molecular flexibility index (Phi) is 8.42. The maximum absolute atomic E-state index is 15.5. The zero-order chi connectivity index (χ0) is 29.3. The Morgan fingerprint density at radius 1 is 1.05 bits per heavy atom. The number of benzene rings is 2. The van der Waals surface area contributed by atoms with E-state index < -0.39 is 39.9 Å². The van der Waals surface area contributed by atoms with E-state index in [-0.39, 0.29) is 39.6 Å². The Morgan fingerprint density at radius 3 is 2.46 bits per heavy atom. The lowest BCUT2D eigenvalue weighted by Crippen LogP contribution is -2.35. The van der Waals surface area contributed by atoms with Crippen LogP contribution in [0.15, 0.2) is 70.6 Å². The Labute approximate surface area is 238 Å². The highest BCUT2D eigenvalue weighted by molar-refractivity contribution is 7.85. The Hall–Kier alpha value is -3.76. The number of methoxy groups -OCH3 is 1. The van der Waals surface area contributed by atoms with Crippen molar-refractivity contribution >= 4 is 10.8 Å². The lowest BCUT2D eigenvalue weighted by atomic mass is 9.94. The van der Waals surface area contributed by atoms with Gasteiger partial charge in [0.15, 0.2) is 11.6 Å². The van der Waals surface area contributed by atoms with Crippen molar-refractivity contribution in [2.75, 3.05) is 33.0 Å². The molecule has 0 bridgehead atoms. The van der Waals surface area contributed by atoms with Gasteiger partial charge in [-0.3, -0.25) is 18.6 Å². The zero-order valence-electron chi connectivity index (χ0n) is 23.0. The van der Waals surface area contributed by atoms with E-state index in [1.165, 1.54) is 29.9 Å². The molecule has 4 aromatic rings. The van der Waals surface area contributed by atoms with Crippen LogP contribution in [0.2, 0.25) is 0 Å². The third kappa shape index (κ3) is 5.58. The second-order valence-electron chi connectivity index (χ2n) is 10.2. The third-order valence-corrected chi connectivity index (χ3v) is 9.09. The molecule has 5 rings (SSSR count). The number of rotatable bonds is 9. The molecule has 2 aromatic carbocycles. The highest BCUT2D eigenvalue weighted by atomic mass is 32.2. The van der Waals surface area contributed by atoms with Gasteiger partial charge in [-0.1, -0.05) is 24.3 Å². The molecule has 0 fully saturated rings. The number of ether oxygens (including phenoxy) is 1. The molecule has 0 saturated carbocycles. The monoisotopic (exact) mass is 581 g/mol. The molecule has 0 radical (unpaired) electrons. The lowest BCUT2D eigenvalue weighted by molar-refractivity contribution is 0.285. The van der Waals surface area contributed by atoms with E-state index in [2.05, 4.69) is 4.98 Å². The van der Waals surface area contributed by atoms with Crippen LogP contribution in [0, 0.1) is 24.4 Å². The standard InChI is InChI=1S/C31H30F3N3O3S/c1-19-23(16-24-25(32)10-7-11-26(24)33)31-37(30(38)28(19)22-9-6-12-27(40-3)29(22)34)21(18-41(31)39)17-36(2)15-13-20-8-4-5-14-35-20/h4-12,14,21H,13,15-18H2,1-3H3. The molecule has 3 heterocycles. The predicted octanol–water partition coefficient (Wildman–Crippen LogP) is 5.07. The summed E-state index contributed by atoms with van der Waals surface area (Å²) in [6.45, 7) is 2.64. The van der Waals surface area contributed by atoms with Gasteiger partial charge < -0.3 is 9.64 Å². The van der Waals surface area contributed by atoms with Crippen LogP contribution in [-0.4, -0.2) is 51.7 Å². The summed E-state index contributed by atoms with van der Waals surface area (Å²) in [5, 5.41) is 0.227. The van der Waals surface area contributed by atoms with Crippen LogP contribution in [0.5, 0.6) is 5.75 Å². The fourth-order valence-corrected chi connectivity index (χ4v) is 7.15. The summed E-state index contributed by atoms with van der Waals surface area (Å²) in [6, 6.07) is 13.3. The van der Waals surface area contributed by atoms with Crippen LogP contribution in [0.1, 0.15) is 28.4 Å². The Morgan fingerprint density at radius 2 is 1.78 bits per heavy atom. The van der Waals surface area contributed by atoms with E-state index in [9.17, 15) is 17.8 Å². The summed E-state index contributed by atoms with van der Waals surface area (Å²) in [7, 11) is 1.62. The summed E-state index contributed by atoms with van der Waals surface area (Å²) >= 11 is 0. The van der Waals surface area contributed by atoms with Crippen LogP contribution in [-0.2, 0) is 23.6 Å². The predicted molar refractivity (Wildman–Crippen MR) is 152 cm³/mol. The van der Waals surface area contributed by atoms with E-state index in [4.69, 9.17) is 4.74 Å². The van der Waals surface area contributed by atoms with Crippen molar-refractivity contribution in [1.82, 2.24) is 14.5 Å². The minimum atomic E-state index is -1.62. The summed E-state index contributed by atoms with van der Waals surface area (Å²) in [4.78, 5) is 20.5. The average molecular weight is 582 g/mol. The van der Waals surface area contributed by atoms with Crippen molar-refractivity contribution in [2.24, 2.45) is 0 Å². The normalized spacial score (nSPS) is 16.3. The minimum Gasteiger partial charge on any atom is -0.494 e. The number of pyridine rings is 2. The van der Waals surface area contributed by atoms with Gasteiger partial charge in [0.25, 0.3) is 5.56 Å². The molecule has 0 N–H and O–H groups in total. The Balaban J connectivity index is 1.63. The van der Waals surface area contributed by atoms with Gasteiger partial charge in [0, 0.05) is 48.9 Å². The first-order valence-corrected chi connectivity index (χ1v) is 14.5. The van der Waals surface area contributed by atoms with Crippen molar-refractivity contribution in [2.45, 2.75) is 30.8 Å². The molecule has 214 valence electrons. The topological polar surface area (TPSA) is 64.4 Å². The Bertz CT molecular complexity index is 1660. The maximum Gasteiger partial charge on any atom is 0.260 e. The average Bonchev–Trinajstić information content (AvgIpc) is 3.28. The largest absolute Gasteiger partial charge is 0.494 e. The fourth-order valence-electron chi connectivity index (χ4n) is 5.44. The molecular formula is C31H30F3N3O3S. The van der Waals surface area contributed by atoms with Crippen LogP contribution in [0.25, 0.3) is 11.1 Å². The SMILES string of the molecule is COc1cccc(-c2c(C)c(Cc3c(F)cccc3F)c3n(c2=O)C(CN(C)CCc2ccccn2)CS3=O)c1F. The molecular weight excluding hydrogens is 551 g/mol. The van der Waals surface area contributed by atoms with Crippen LogP contribution >= 0.6 is 0 Å². The van der Waals surface area contributed by atoms with E-state index >= 15 is 4.39 Å². The van der Waals surface area contributed by atoms with Crippen molar-refractivity contribution in [3.63, 3.8) is 0 Å². The van der Waals surface area contributed by atoms with Crippen molar-refractivity contribution in [1.29, 1.82) is 0 Å². The first-order valence-electron chi connectivity index (χ1n) is 13.2. The van der Waals surface area contributed by atoms with Gasteiger partial charge in [0.05, 0.1) is 35.3 Å². The number of halogens is 3. The molecule has 0 aliphatic carbocycles. The molecule has 2 unspecified atom stereocenters. The fraction of sp³-hybridized carbons (Fsp3) is 0.290. The molecule has 2 aromatic heterocycles. The van der Waals surface area contributed by atoms with Gasteiger partial charge in [0.2, 0.25) is 0 Å². The van der Waals surface area contributed by atoms with E-state index in [1.807, 2.05) is 30.1 Å². The van der Waals surface area contributed by atoms with Crippen LogP contribution < -0.4 is 10.3 Å². The zero-order valence-corrected chi connectivity index (χ0v) is 23.8. The van der Waals surface area contributed by atoms with Crippen molar-refractivity contribution < 1.29 is 22.1 Å². The second kappa shape index (κ2) is 12.0. The van der Waals surface area contributed by atoms with Crippen LogP contribution in [0.3, 0.4) is 0 Å². The molecule has 1 aliphatic rings. The molecule has 2 atom stereocenters. The molecule has 0 saturated heterocycles. The smallest absolute Gasteiger partial charge is 0.260 e. The number of nitrogens with zero attached hydrogens (tertiary/aromatic N) is 3. The van der Waals surface area contributed by atoms with Gasteiger partial charge in [-0.05, 0) is 55.4 Å². The molecule has 0 amide bonds.